The van der Waals surface area contributed by atoms with Gasteiger partial charge in [0.2, 0.25) is 0 Å². The molecule has 1 saturated heterocycles. The lowest BCUT2D eigenvalue weighted by molar-refractivity contribution is -0.384. The Kier molecular flexibility index (Phi) is 5.69. The van der Waals surface area contributed by atoms with Crippen molar-refractivity contribution in [2.75, 3.05) is 19.1 Å². The van der Waals surface area contributed by atoms with Crippen molar-refractivity contribution in [2.45, 2.75) is 0 Å². The third-order valence-electron chi connectivity index (χ3n) is 4.69. The molecule has 32 heavy (non-hydrogen) atoms. The van der Waals surface area contributed by atoms with Gasteiger partial charge in [-0.25, -0.2) is 4.90 Å². The van der Waals surface area contributed by atoms with Crippen molar-refractivity contribution in [3.63, 3.8) is 0 Å². The lowest BCUT2D eigenvalue weighted by Gasteiger charge is -2.16. The smallest absolute Gasteiger partial charge is 0.298 e. The first-order valence-corrected chi connectivity index (χ1v) is 10.1. The molecular weight excluding hydrogens is 436 g/mol. The first-order valence-electron chi connectivity index (χ1n) is 9.26. The third kappa shape index (κ3) is 3.83. The van der Waals surface area contributed by atoms with E-state index in [1.165, 1.54) is 26.4 Å². The van der Waals surface area contributed by atoms with Crippen LogP contribution in [0.1, 0.15) is 5.76 Å². The van der Waals surface area contributed by atoms with Crippen LogP contribution < -0.4 is 14.4 Å². The van der Waals surface area contributed by atoms with E-state index in [0.29, 0.717) is 22.7 Å². The summed E-state index contributed by atoms with van der Waals surface area (Å²) in [4.78, 5) is 37.5. The first-order chi connectivity index (χ1) is 15.4. The fourth-order valence-electron chi connectivity index (χ4n) is 3.19. The summed E-state index contributed by atoms with van der Waals surface area (Å²) < 4.78 is 16.2. The number of thioether (sulfide) groups is 1. The van der Waals surface area contributed by atoms with E-state index in [2.05, 4.69) is 0 Å². The van der Waals surface area contributed by atoms with Gasteiger partial charge in [-0.2, -0.15) is 0 Å². The van der Waals surface area contributed by atoms with Gasteiger partial charge in [0.25, 0.3) is 16.8 Å². The van der Waals surface area contributed by atoms with E-state index in [-0.39, 0.29) is 22.1 Å². The highest BCUT2D eigenvalue weighted by Gasteiger charge is 2.38. The van der Waals surface area contributed by atoms with Gasteiger partial charge in [0.05, 0.1) is 35.3 Å². The highest BCUT2D eigenvalue weighted by molar-refractivity contribution is 8.19. The average Bonchev–Trinajstić information content (AvgIpc) is 3.37. The van der Waals surface area contributed by atoms with E-state index in [4.69, 9.17) is 13.9 Å². The number of rotatable bonds is 6. The van der Waals surface area contributed by atoms with Crippen molar-refractivity contribution in [1.29, 1.82) is 0 Å². The summed E-state index contributed by atoms with van der Waals surface area (Å²) in [6, 6.07) is 14.1. The second-order valence-electron chi connectivity index (χ2n) is 6.53. The minimum Gasteiger partial charge on any atom is -0.497 e. The zero-order valence-corrected chi connectivity index (χ0v) is 17.8. The van der Waals surface area contributed by atoms with Crippen LogP contribution >= 0.6 is 11.8 Å². The molecule has 2 aromatic carbocycles. The Morgan fingerprint density at radius 1 is 1.06 bits per heavy atom. The summed E-state index contributed by atoms with van der Waals surface area (Å²) in [6.45, 7) is 0. The zero-order valence-electron chi connectivity index (χ0n) is 16.9. The Labute approximate surface area is 186 Å². The van der Waals surface area contributed by atoms with Crippen molar-refractivity contribution in [2.24, 2.45) is 0 Å². The van der Waals surface area contributed by atoms with Crippen LogP contribution in [0.5, 0.6) is 11.5 Å². The minimum absolute atomic E-state index is 0.0969. The maximum atomic E-state index is 13.0. The fraction of sp³-hybridized carbons (Fsp3) is 0.0909. The lowest BCUT2D eigenvalue weighted by atomic mass is 10.1. The molecule has 0 saturated carbocycles. The predicted molar refractivity (Wildman–Crippen MR) is 119 cm³/mol. The monoisotopic (exact) mass is 452 g/mol. The standard InChI is InChI=1S/C22H16N2O7S/c1-29-13-7-9-17(19(11-13)30-2)23-21(25)20(32-22(23)26)12-14-8-10-18(31-14)15-5-3-4-6-16(15)24(27)28/h3-12H,1-2H3/b20-12+. The molecule has 0 atom stereocenters. The highest BCUT2D eigenvalue weighted by Crippen LogP contribution is 2.41. The Balaban J connectivity index is 1.65. The van der Waals surface area contributed by atoms with Gasteiger partial charge >= 0.3 is 0 Å². The normalized spacial score (nSPS) is 14.8. The van der Waals surface area contributed by atoms with Gasteiger partial charge in [0.1, 0.15) is 23.0 Å². The molecule has 0 bridgehead atoms. The Morgan fingerprint density at radius 2 is 1.84 bits per heavy atom. The van der Waals surface area contributed by atoms with E-state index < -0.39 is 16.1 Å². The number of benzene rings is 2. The molecule has 1 aromatic heterocycles. The molecule has 3 aromatic rings. The molecule has 1 fully saturated rings. The average molecular weight is 452 g/mol. The van der Waals surface area contributed by atoms with E-state index in [1.54, 1.807) is 48.5 Å². The van der Waals surface area contributed by atoms with Crippen LogP contribution in [0.2, 0.25) is 0 Å². The number of hydrogen-bond donors (Lipinski definition) is 0. The van der Waals surface area contributed by atoms with Gasteiger partial charge in [0.15, 0.2) is 0 Å². The number of methoxy groups -OCH3 is 2. The molecule has 0 unspecified atom stereocenters. The van der Waals surface area contributed by atoms with Crippen LogP contribution in [0.3, 0.4) is 0 Å². The van der Waals surface area contributed by atoms with Crippen LogP contribution in [-0.2, 0) is 4.79 Å². The molecule has 9 nitrogen and oxygen atoms in total. The van der Waals surface area contributed by atoms with Gasteiger partial charge in [-0.1, -0.05) is 12.1 Å². The number of carbonyl (C=O) groups excluding carboxylic acids is 2. The molecule has 10 heteroatoms. The Morgan fingerprint density at radius 3 is 2.56 bits per heavy atom. The van der Waals surface area contributed by atoms with Crippen molar-refractivity contribution in [1.82, 2.24) is 0 Å². The van der Waals surface area contributed by atoms with Crippen LogP contribution in [-0.4, -0.2) is 30.3 Å². The number of anilines is 1. The summed E-state index contributed by atoms with van der Waals surface area (Å²) in [5.74, 6) is 0.855. The second-order valence-corrected chi connectivity index (χ2v) is 7.52. The number of ether oxygens (including phenoxy) is 2. The molecule has 1 aliphatic heterocycles. The molecule has 0 radical (unpaired) electrons. The number of amides is 2. The maximum absolute atomic E-state index is 13.0. The van der Waals surface area contributed by atoms with Crippen molar-refractivity contribution in [3.8, 4) is 22.8 Å². The number of para-hydroxylation sites is 1. The van der Waals surface area contributed by atoms with Crippen molar-refractivity contribution in [3.05, 3.63) is 75.4 Å². The number of nitro benzene ring substituents is 1. The van der Waals surface area contributed by atoms with E-state index in [1.807, 2.05) is 0 Å². The quantitative estimate of drug-likeness (QED) is 0.288. The maximum Gasteiger partial charge on any atom is 0.298 e. The van der Waals surface area contributed by atoms with Gasteiger partial charge in [-0.15, -0.1) is 0 Å². The largest absolute Gasteiger partial charge is 0.497 e. The first kappa shape index (κ1) is 21.2. The van der Waals surface area contributed by atoms with Crippen LogP contribution in [0.15, 0.2) is 63.9 Å². The summed E-state index contributed by atoms with van der Waals surface area (Å²) in [5, 5.41) is 10.8. The van der Waals surface area contributed by atoms with Crippen LogP contribution in [0, 0.1) is 10.1 Å². The molecular formula is C22H16N2O7S. The van der Waals surface area contributed by atoms with E-state index in [0.717, 1.165) is 16.7 Å². The van der Waals surface area contributed by atoms with E-state index >= 15 is 0 Å². The predicted octanol–water partition coefficient (Wildman–Crippen LogP) is 5.11. The number of carbonyl (C=O) groups is 2. The zero-order chi connectivity index (χ0) is 22.8. The minimum atomic E-state index is -0.535. The number of hydrogen-bond acceptors (Lipinski definition) is 8. The molecule has 2 heterocycles. The molecule has 0 aliphatic carbocycles. The van der Waals surface area contributed by atoms with E-state index in [9.17, 15) is 19.7 Å². The van der Waals surface area contributed by atoms with Gasteiger partial charge in [0, 0.05) is 18.2 Å². The SMILES string of the molecule is COc1ccc(N2C(=O)S/C(=C/c3ccc(-c4ccccc4[N+](=O)[O-])o3)C2=O)c(OC)c1. The van der Waals surface area contributed by atoms with Gasteiger partial charge < -0.3 is 13.9 Å². The van der Waals surface area contributed by atoms with Crippen LogP contribution in [0.25, 0.3) is 17.4 Å². The molecule has 0 N–H and O–H groups in total. The Hall–Kier alpha value is -4.05. The number of furan rings is 1. The molecule has 2 amide bonds. The second kappa shape index (κ2) is 8.60. The fourth-order valence-corrected chi connectivity index (χ4v) is 4.00. The van der Waals surface area contributed by atoms with Crippen LogP contribution in [0.4, 0.5) is 16.2 Å². The lowest BCUT2D eigenvalue weighted by Crippen LogP contribution is -2.28. The molecule has 1 aliphatic rings. The molecule has 162 valence electrons. The Bertz CT molecular complexity index is 1260. The van der Waals surface area contributed by atoms with Gasteiger partial charge in [-0.05, 0) is 42.1 Å². The summed E-state index contributed by atoms with van der Waals surface area (Å²) in [5.41, 5.74) is 0.507. The number of nitrogens with zero attached hydrogens (tertiary/aromatic N) is 2. The number of nitro groups is 1. The summed E-state index contributed by atoms with van der Waals surface area (Å²) in [7, 11) is 2.93. The molecule has 4 rings (SSSR count). The summed E-state index contributed by atoms with van der Waals surface area (Å²) in [6.07, 6.45) is 1.43. The topological polar surface area (TPSA) is 112 Å². The highest BCUT2D eigenvalue weighted by atomic mass is 32.2. The molecule has 0 spiro atoms. The van der Waals surface area contributed by atoms with Crippen molar-refractivity contribution >= 4 is 40.4 Å². The third-order valence-corrected chi connectivity index (χ3v) is 5.56. The summed E-state index contributed by atoms with van der Waals surface area (Å²) >= 11 is 0.757. The van der Waals surface area contributed by atoms with Gasteiger partial charge in [-0.3, -0.25) is 19.7 Å². The van der Waals surface area contributed by atoms with Crippen molar-refractivity contribution < 1.29 is 28.4 Å². The number of imide groups is 1.